The number of anilines is 1. The largest absolute Gasteiger partial charge is 0.380 e. The van der Waals surface area contributed by atoms with E-state index < -0.39 is 0 Å². The fourth-order valence-electron chi connectivity index (χ4n) is 3.03. The van der Waals surface area contributed by atoms with Crippen LogP contribution in [0.2, 0.25) is 0 Å². The summed E-state index contributed by atoms with van der Waals surface area (Å²) in [6.45, 7) is 3.02. The number of amides is 1. The number of hydrogen-bond donors (Lipinski definition) is 1. The minimum absolute atomic E-state index is 0.0584. The molecule has 3 aromatic rings. The molecule has 1 aromatic carbocycles. The lowest BCUT2D eigenvalue weighted by Gasteiger charge is -2.23. The molecule has 0 bridgehead atoms. The normalized spacial score (nSPS) is 13.7. The molecule has 30 heavy (non-hydrogen) atoms. The predicted octanol–water partition coefficient (Wildman–Crippen LogP) is 1.85. The van der Waals surface area contributed by atoms with Crippen molar-refractivity contribution in [3.63, 3.8) is 0 Å². The van der Waals surface area contributed by atoms with Crippen LogP contribution in [-0.2, 0) is 11.8 Å². The van der Waals surface area contributed by atoms with Gasteiger partial charge in [0.25, 0.3) is 5.56 Å². The minimum atomic E-state index is -0.379. The third-order valence-electron chi connectivity index (χ3n) is 4.65. The Morgan fingerprint density at radius 3 is 2.47 bits per heavy atom. The Balaban J connectivity index is 0.000000239. The molecule has 1 saturated heterocycles. The molecule has 3 heterocycles. The van der Waals surface area contributed by atoms with Crippen molar-refractivity contribution in [2.45, 2.75) is 6.42 Å². The van der Waals surface area contributed by atoms with Gasteiger partial charge in [-0.25, -0.2) is 4.98 Å². The van der Waals surface area contributed by atoms with Crippen molar-refractivity contribution in [1.82, 2.24) is 14.5 Å². The van der Waals surface area contributed by atoms with Crippen LogP contribution in [0.1, 0.15) is 16.8 Å². The number of pyridine rings is 1. The standard InChI is InChI=1S/C15H18N4O2.C7H7NO/c1-18-14(20)11-13(12-3-5-16-6-4-12)17-15(18)19-7-2-9-21-10-8-19;8-7(9)6-4-2-1-3-5-6/h3-6,11H,2,7-10H2,1H3;1-5H,(H2,8,9). The van der Waals surface area contributed by atoms with Crippen LogP contribution in [0, 0.1) is 0 Å². The number of rotatable bonds is 3. The molecule has 0 unspecified atom stereocenters. The highest BCUT2D eigenvalue weighted by Gasteiger charge is 2.16. The summed E-state index contributed by atoms with van der Waals surface area (Å²) in [6.07, 6.45) is 4.34. The van der Waals surface area contributed by atoms with Gasteiger partial charge in [-0.05, 0) is 30.7 Å². The predicted molar refractivity (Wildman–Crippen MR) is 115 cm³/mol. The molecule has 1 amide bonds. The van der Waals surface area contributed by atoms with Gasteiger partial charge < -0.3 is 15.4 Å². The SMILES string of the molecule is Cn1c(N2CCCOCC2)nc(-c2ccncc2)cc1=O.NC(=O)c1ccccc1. The lowest BCUT2D eigenvalue weighted by atomic mass is 10.2. The number of primary amides is 1. The van der Waals surface area contributed by atoms with E-state index in [1.165, 1.54) is 0 Å². The topological polar surface area (TPSA) is 103 Å². The number of aromatic nitrogens is 3. The van der Waals surface area contributed by atoms with E-state index in [2.05, 4.69) is 14.9 Å². The van der Waals surface area contributed by atoms with E-state index in [4.69, 9.17) is 10.5 Å². The smallest absolute Gasteiger partial charge is 0.255 e. The van der Waals surface area contributed by atoms with Crippen LogP contribution >= 0.6 is 0 Å². The van der Waals surface area contributed by atoms with Gasteiger partial charge in [-0.1, -0.05) is 18.2 Å². The van der Waals surface area contributed by atoms with Gasteiger partial charge in [0.05, 0.1) is 12.3 Å². The summed E-state index contributed by atoms with van der Waals surface area (Å²) in [4.78, 5) is 33.4. The Morgan fingerprint density at radius 1 is 1.07 bits per heavy atom. The van der Waals surface area contributed by atoms with Crippen molar-refractivity contribution in [1.29, 1.82) is 0 Å². The molecule has 0 aliphatic carbocycles. The molecule has 8 heteroatoms. The molecule has 0 spiro atoms. The molecule has 0 radical (unpaired) electrons. The maximum absolute atomic E-state index is 12.2. The monoisotopic (exact) mass is 407 g/mol. The Bertz CT molecular complexity index is 1010. The number of nitrogens with two attached hydrogens (primary N) is 1. The average molecular weight is 407 g/mol. The van der Waals surface area contributed by atoms with Crippen LogP contribution in [0.25, 0.3) is 11.3 Å². The maximum atomic E-state index is 12.2. The van der Waals surface area contributed by atoms with Gasteiger partial charge in [0.1, 0.15) is 0 Å². The molecule has 0 saturated carbocycles. The lowest BCUT2D eigenvalue weighted by molar-refractivity contribution is 0.100. The summed E-state index contributed by atoms with van der Waals surface area (Å²) in [6, 6.07) is 14.0. The highest BCUT2D eigenvalue weighted by atomic mass is 16.5. The molecular weight excluding hydrogens is 382 g/mol. The summed E-state index contributed by atoms with van der Waals surface area (Å²) in [5.74, 6) is 0.315. The van der Waals surface area contributed by atoms with E-state index in [0.29, 0.717) is 23.8 Å². The zero-order valence-corrected chi connectivity index (χ0v) is 16.9. The number of ether oxygens (including phenoxy) is 1. The van der Waals surface area contributed by atoms with Crippen LogP contribution < -0.4 is 16.2 Å². The fourth-order valence-corrected chi connectivity index (χ4v) is 3.03. The average Bonchev–Trinajstić information content (AvgIpc) is 3.07. The summed E-state index contributed by atoms with van der Waals surface area (Å²) < 4.78 is 7.06. The second-order valence-electron chi connectivity index (χ2n) is 6.76. The third-order valence-corrected chi connectivity index (χ3v) is 4.65. The van der Waals surface area contributed by atoms with Crippen LogP contribution in [0.3, 0.4) is 0 Å². The summed E-state index contributed by atoms with van der Waals surface area (Å²) in [7, 11) is 1.76. The van der Waals surface area contributed by atoms with Crippen molar-refractivity contribution in [3.8, 4) is 11.3 Å². The molecule has 0 atom stereocenters. The second kappa shape index (κ2) is 10.3. The molecule has 156 valence electrons. The summed E-state index contributed by atoms with van der Waals surface area (Å²) >= 11 is 0. The minimum Gasteiger partial charge on any atom is -0.380 e. The first-order valence-corrected chi connectivity index (χ1v) is 9.72. The molecule has 4 rings (SSSR count). The van der Waals surface area contributed by atoms with Crippen molar-refractivity contribution in [3.05, 3.63) is 76.8 Å². The van der Waals surface area contributed by atoms with Gasteiger partial charge in [-0.3, -0.25) is 19.1 Å². The van der Waals surface area contributed by atoms with Crippen molar-refractivity contribution >= 4 is 11.9 Å². The second-order valence-corrected chi connectivity index (χ2v) is 6.76. The van der Waals surface area contributed by atoms with E-state index in [1.54, 1.807) is 54.3 Å². The van der Waals surface area contributed by atoms with Gasteiger partial charge >= 0.3 is 0 Å². The summed E-state index contributed by atoms with van der Waals surface area (Å²) in [5, 5.41) is 0. The Labute approximate surface area is 175 Å². The number of carbonyl (C=O) groups excluding carboxylic acids is 1. The van der Waals surface area contributed by atoms with E-state index in [1.807, 2.05) is 18.2 Å². The van der Waals surface area contributed by atoms with Gasteiger partial charge in [0.2, 0.25) is 11.9 Å². The first-order chi connectivity index (χ1) is 14.6. The molecule has 2 N–H and O–H groups in total. The molecule has 2 aromatic heterocycles. The Morgan fingerprint density at radius 2 is 1.80 bits per heavy atom. The fraction of sp³-hybridized carbons (Fsp3) is 0.273. The van der Waals surface area contributed by atoms with Gasteiger partial charge in [0, 0.05) is 56.3 Å². The van der Waals surface area contributed by atoms with Gasteiger partial charge in [0.15, 0.2) is 0 Å². The molecule has 8 nitrogen and oxygen atoms in total. The Hall–Kier alpha value is -3.52. The van der Waals surface area contributed by atoms with Crippen LogP contribution in [-0.4, -0.2) is 46.7 Å². The maximum Gasteiger partial charge on any atom is 0.255 e. The van der Waals surface area contributed by atoms with Crippen molar-refractivity contribution in [2.24, 2.45) is 12.8 Å². The zero-order chi connectivity index (χ0) is 21.3. The highest BCUT2D eigenvalue weighted by molar-refractivity contribution is 5.92. The Kier molecular flexibility index (Phi) is 7.29. The van der Waals surface area contributed by atoms with Crippen LogP contribution in [0.5, 0.6) is 0 Å². The lowest BCUT2D eigenvalue weighted by Crippen LogP contribution is -2.33. The van der Waals surface area contributed by atoms with E-state index in [9.17, 15) is 9.59 Å². The molecule has 1 aliphatic rings. The van der Waals surface area contributed by atoms with E-state index in [0.717, 1.165) is 31.7 Å². The number of hydrogen-bond acceptors (Lipinski definition) is 6. The third kappa shape index (κ3) is 5.51. The first kappa shape index (κ1) is 21.2. The number of benzene rings is 1. The van der Waals surface area contributed by atoms with E-state index >= 15 is 0 Å². The molecule has 1 aliphatic heterocycles. The molecule has 1 fully saturated rings. The van der Waals surface area contributed by atoms with Crippen molar-refractivity contribution in [2.75, 3.05) is 31.2 Å². The van der Waals surface area contributed by atoms with Gasteiger partial charge in [-0.2, -0.15) is 0 Å². The van der Waals surface area contributed by atoms with Gasteiger partial charge in [-0.15, -0.1) is 0 Å². The quantitative estimate of drug-likeness (QED) is 0.711. The van der Waals surface area contributed by atoms with Crippen molar-refractivity contribution < 1.29 is 9.53 Å². The number of carbonyl (C=O) groups is 1. The first-order valence-electron chi connectivity index (χ1n) is 9.72. The highest BCUT2D eigenvalue weighted by Crippen LogP contribution is 2.18. The number of nitrogens with zero attached hydrogens (tertiary/aromatic N) is 4. The summed E-state index contributed by atoms with van der Waals surface area (Å²) in [5.41, 5.74) is 7.05. The van der Waals surface area contributed by atoms with E-state index in [-0.39, 0.29) is 11.5 Å². The molecular formula is C22H25N5O3. The van der Waals surface area contributed by atoms with Crippen LogP contribution in [0.4, 0.5) is 5.95 Å². The van der Waals surface area contributed by atoms with Crippen LogP contribution in [0.15, 0.2) is 65.7 Å². The zero-order valence-electron chi connectivity index (χ0n) is 16.9.